The first-order valence-electron chi connectivity index (χ1n) is 0.894. The molecular weight excluding hydrogens is 120 g/mol. The highest BCUT2D eigenvalue weighted by molar-refractivity contribution is 6.46. The first kappa shape index (κ1) is 15.8. The van der Waals surface area contributed by atoms with E-state index in [4.69, 9.17) is 19.2 Å². The van der Waals surface area contributed by atoms with E-state index in [9.17, 15) is 0 Å². The summed E-state index contributed by atoms with van der Waals surface area (Å²) in [5, 5.41) is 0. The molecule has 0 fully saturated rings. The van der Waals surface area contributed by atoms with Gasteiger partial charge < -0.3 is 31.5 Å². The molecule has 10 N–H and O–H groups in total. The number of hydrogen-bond donors (Lipinski definition) is 6. The van der Waals surface area contributed by atoms with Crippen LogP contribution in [0.25, 0.3) is 0 Å². The summed E-state index contributed by atoms with van der Waals surface area (Å²) in [6, 6.07) is 0. The molecule has 0 aliphatic rings. The summed E-state index contributed by atoms with van der Waals surface area (Å²) < 4.78 is 0. The van der Waals surface area contributed by atoms with Gasteiger partial charge >= 0.3 is 9.05 Å². The normalized spacial score (nSPS) is 8.57. The van der Waals surface area contributed by atoms with Crippen LogP contribution in [0.3, 0.4) is 0 Å². The van der Waals surface area contributed by atoms with Gasteiger partial charge in [0.15, 0.2) is 0 Å². The minimum Gasteiger partial charge on any atom is -0.368 e. The minimum absolute atomic E-state index is 0. The summed E-state index contributed by atoms with van der Waals surface area (Å²) in [5.41, 5.74) is 0. The lowest BCUT2D eigenvalue weighted by Crippen LogP contribution is -2.33. The van der Waals surface area contributed by atoms with Crippen LogP contribution < -0.4 is 12.3 Å². The van der Waals surface area contributed by atoms with Crippen molar-refractivity contribution >= 4 is 9.05 Å². The molecule has 0 saturated heterocycles. The Balaban J connectivity index is -0.0000000800. The van der Waals surface area contributed by atoms with Crippen molar-refractivity contribution in [1.82, 2.24) is 12.3 Å². The van der Waals surface area contributed by atoms with E-state index >= 15 is 0 Å². The second-order valence-electron chi connectivity index (χ2n) is 0.600. The third kappa shape index (κ3) is 177000. The third-order valence-corrected chi connectivity index (χ3v) is 0. The summed E-state index contributed by atoms with van der Waals surface area (Å²) in [6.07, 6.45) is 0. The van der Waals surface area contributed by atoms with Gasteiger partial charge in [-0.1, -0.05) is 0 Å². The van der Waals surface area contributed by atoms with Gasteiger partial charge in [0, 0.05) is 0 Å². The molecule has 0 rings (SSSR count). The summed E-state index contributed by atoms with van der Waals surface area (Å²) in [7, 11) is -4.61. The molecule has 0 aromatic carbocycles. The predicted octanol–water partition coefficient (Wildman–Crippen LogP) is -2.28. The molecule has 0 spiro atoms. The van der Waals surface area contributed by atoms with E-state index in [0.717, 1.165) is 0 Å². The molecular formula is H10N2O4Si. The zero-order valence-corrected chi connectivity index (χ0v) is 4.70. The van der Waals surface area contributed by atoms with Gasteiger partial charge in [-0.2, -0.15) is 0 Å². The van der Waals surface area contributed by atoms with Crippen LogP contribution in [0.4, 0.5) is 0 Å². The van der Waals surface area contributed by atoms with Crippen LogP contribution in [0.1, 0.15) is 0 Å². The first-order valence-corrected chi connectivity index (χ1v) is 2.68. The van der Waals surface area contributed by atoms with E-state index in [1.807, 2.05) is 0 Å². The van der Waals surface area contributed by atoms with Crippen molar-refractivity contribution in [1.29, 1.82) is 0 Å². The Kier molecular flexibility index (Phi) is 9.33. The maximum atomic E-state index is 7.33. The molecule has 48 valence electrons. The molecule has 0 aliphatic heterocycles. The van der Waals surface area contributed by atoms with E-state index in [2.05, 4.69) is 0 Å². The second kappa shape index (κ2) is 4.14. The van der Waals surface area contributed by atoms with Gasteiger partial charge in [-0.15, -0.1) is 0 Å². The maximum Gasteiger partial charge on any atom is 0.668 e. The Hall–Kier alpha value is -0.0231. The van der Waals surface area contributed by atoms with E-state index < -0.39 is 9.05 Å². The Morgan fingerprint density at radius 1 is 0.714 bits per heavy atom. The Labute approximate surface area is 41.7 Å². The van der Waals surface area contributed by atoms with Gasteiger partial charge in [-0.25, -0.2) is 0 Å². The maximum absolute atomic E-state index is 7.33. The monoisotopic (exact) mass is 130 g/mol. The largest absolute Gasteiger partial charge is 0.668 e. The average molecular weight is 130 g/mol. The lowest BCUT2D eigenvalue weighted by Gasteiger charge is -1.91. The van der Waals surface area contributed by atoms with Crippen molar-refractivity contribution in [2.75, 3.05) is 0 Å². The summed E-state index contributed by atoms with van der Waals surface area (Å²) in [6.45, 7) is 0. The summed E-state index contributed by atoms with van der Waals surface area (Å²) >= 11 is 0. The SMILES string of the molecule is N.N.O[Si](O)(O)O. The van der Waals surface area contributed by atoms with Crippen molar-refractivity contribution in [3.05, 3.63) is 0 Å². The second-order valence-corrected chi connectivity index (χ2v) is 1.80. The Morgan fingerprint density at radius 2 is 0.714 bits per heavy atom. The molecule has 7 heavy (non-hydrogen) atoms. The molecule has 0 bridgehead atoms. The van der Waals surface area contributed by atoms with Crippen LogP contribution in [0.5, 0.6) is 0 Å². The average Bonchev–Trinajstić information content (AvgIpc) is 0.722. The van der Waals surface area contributed by atoms with Gasteiger partial charge in [0.25, 0.3) is 0 Å². The highest BCUT2D eigenvalue weighted by Gasteiger charge is 2.22. The molecule has 0 aromatic rings. The predicted molar refractivity (Wildman–Crippen MR) is 24.7 cm³/mol. The van der Waals surface area contributed by atoms with E-state index in [1.165, 1.54) is 0 Å². The topological polar surface area (TPSA) is 151 Å². The fourth-order valence-electron chi connectivity index (χ4n) is 0. The van der Waals surface area contributed by atoms with Crippen molar-refractivity contribution in [3.8, 4) is 0 Å². The zero-order chi connectivity index (χ0) is 4.50. The molecule has 0 unspecified atom stereocenters. The molecule has 0 amide bonds. The van der Waals surface area contributed by atoms with Gasteiger partial charge in [-0.3, -0.25) is 0 Å². The molecule has 0 atom stereocenters. The highest BCUT2D eigenvalue weighted by atomic mass is 28.4. The van der Waals surface area contributed by atoms with Gasteiger partial charge in [0.1, 0.15) is 0 Å². The molecule has 0 radical (unpaired) electrons. The van der Waals surface area contributed by atoms with E-state index in [-0.39, 0.29) is 12.3 Å². The molecule has 0 aromatic heterocycles. The highest BCUT2D eigenvalue weighted by Crippen LogP contribution is 1.67. The van der Waals surface area contributed by atoms with Crippen LogP contribution in [-0.4, -0.2) is 28.2 Å². The fraction of sp³-hybridized carbons (Fsp3) is 0. The zero-order valence-electron chi connectivity index (χ0n) is 3.70. The van der Waals surface area contributed by atoms with E-state index in [1.54, 1.807) is 0 Å². The van der Waals surface area contributed by atoms with Gasteiger partial charge in [0.05, 0.1) is 0 Å². The summed E-state index contributed by atoms with van der Waals surface area (Å²) in [4.78, 5) is 29.3. The smallest absolute Gasteiger partial charge is 0.368 e. The van der Waals surface area contributed by atoms with Crippen LogP contribution in [0.15, 0.2) is 0 Å². The minimum atomic E-state index is -4.61. The molecule has 6 nitrogen and oxygen atoms in total. The quantitative estimate of drug-likeness (QED) is 0.203. The molecule has 0 heterocycles. The Bertz CT molecular complexity index is 25.2. The van der Waals surface area contributed by atoms with Crippen molar-refractivity contribution in [3.63, 3.8) is 0 Å². The van der Waals surface area contributed by atoms with Crippen LogP contribution in [0.2, 0.25) is 0 Å². The fourth-order valence-corrected chi connectivity index (χ4v) is 0. The number of rotatable bonds is 0. The van der Waals surface area contributed by atoms with Crippen LogP contribution >= 0.6 is 0 Å². The van der Waals surface area contributed by atoms with Crippen molar-refractivity contribution in [2.24, 2.45) is 0 Å². The molecule has 7 heteroatoms. The molecule has 0 aliphatic carbocycles. The van der Waals surface area contributed by atoms with Gasteiger partial charge in [0.2, 0.25) is 0 Å². The first-order chi connectivity index (χ1) is 2.00. The third-order valence-electron chi connectivity index (χ3n) is 0. The van der Waals surface area contributed by atoms with E-state index in [0.29, 0.717) is 0 Å². The standard InChI is InChI=1S/2H3N.H4O4Si/c;;1-5(2,3)4/h2*1H3;1-4H. The van der Waals surface area contributed by atoms with Crippen LogP contribution in [0, 0.1) is 0 Å². The van der Waals surface area contributed by atoms with Gasteiger partial charge in [-0.05, 0) is 0 Å². The van der Waals surface area contributed by atoms with Crippen LogP contribution in [-0.2, 0) is 0 Å². The number of hydrogen-bond acceptors (Lipinski definition) is 6. The lowest BCUT2D eigenvalue weighted by atomic mass is 14.0. The Morgan fingerprint density at radius 3 is 0.714 bits per heavy atom. The van der Waals surface area contributed by atoms with Crippen molar-refractivity contribution < 1.29 is 19.2 Å². The summed E-state index contributed by atoms with van der Waals surface area (Å²) in [5.74, 6) is 0. The van der Waals surface area contributed by atoms with Crippen molar-refractivity contribution in [2.45, 2.75) is 0 Å². The lowest BCUT2D eigenvalue weighted by molar-refractivity contribution is 0.117. The molecule has 0 saturated carbocycles.